The molecule has 0 saturated carbocycles. The van der Waals surface area contributed by atoms with Crippen LogP contribution in [0.5, 0.6) is 0 Å². The lowest BCUT2D eigenvalue weighted by atomic mass is 10.1. The van der Waals surface area contributed by atoms with Gasteiger partial charge in [-0.2, -0.15) is 0 Å². The van der Waals surface area contributed by atoms with Crippen molar-refractivity contribution in [3.05, 3.63) is 40.6 Å². The minimum absolute atomic E-state index is 0.438. The molecule has 5 heteroatoms. The molecule has 0 aliphatic rings. The first kappa shape index (κ1) is 12.9. The lowest BCUT2D eigenvalue weighted by Gasteiger charge is -2.06. The van der Waals surface area contributed by atoms with Gasteiger partial charge in [-0.15, -0.1) is 0 Å². The van der Waals surface area contributed by atoms with Crippen molar-refractivity contribution in [3.63, 3.8) is 0 Å². The maximum atomic E-state index is 5.33. The lowest BCUT2D eigenvalue weighted by molar-refractivity contribution is 0.128. The Morgan fingerprint density at radius 1 is 1.33 bits per heavy atom. The molecule has 2 aromatic rings. The van der Waals surface area contributed by atoms with Crippen molar-refractivity contribution in [2.45, 2.75) is 20.5 Å². The Morgan fingerprint density at radius 2 is 2.17 bits per heavy atom. The summed E-state index contributed by atoms with van der Waals surface area (Å²) in [6.07, 6.45) is 3.62. The third-order valence-corrected chi connectivity index (χ3v) is 2.63. The molecule has 0 bridgehead atoms. The molecule has 18 heavy (non-hydrogen) atoms. The smallest absolute Gasteiger partial charge is 0.134 e. The van der Waals surface area contributed by atoms with Crippen LogP contribution >= 0.6 is 12.2 Å². The van der Waals surface area contributed by atoms with E-state index in [2.05, 4.69) is 21.0 Å². The highest BCUT2D eigenvalue weighted by molar-refractivity contribution is 7.71. The van der Waals surface area contributed by atoms with E-state index in [4.69, 9.17) is 17.0 Å². The predicted octanol–water partition coefficient (Wildman–Crippen LogP) is 3.05. The number of aryl methyl sites for hydroxylation is 1. The maximum Gasteiger partial charge on any atom is 0.134 e. The topological polar surface area (TPSA) is 50.8 Å². The third kappa shape index (κ3) is 3.21. The fraction of sp³-hybridized carbons (Fsp3) is 0.308. The standard InChI is InChI=1S/C13H15N3OS/c1-3-17-8-12-15-11(5-13(18)16-12)10-4-9(2)6-14-7-10/h4-7H,3,8H2,1-2H3,(H,15,16,18). The number of hydrogen-bond donors (Lipinski definition) is 1. The monoisotopic (exact) mass is 261 g/mol. The van der Waals surface area contributed by atoms with Gasteiger partial charge in [0.15, 0.2) is 0 Å². The molecule has 2 rings (SSSR count). The van der Waals surface area contributed by atoms with Gasteiger partial charge < -0.3 is 9.72 Å². The van der Waals surface area contributed by atoms with E-state index < -0.39 is 0 Å². The van der Waals surface area contributed by atoms with Crippen molar-refractivity contribution >= 4 is 12.2 Å². The molecule has 2 aromatic heterocycles. The van der Waals surface area contributed by atoms with Gasteiger partial charge in [-0.1, -0.05) is 12.2 Å². The van der Waals surface area contributed by atoms with E-state index in [1.807, 2.05) is 26.1 Å². The minimum atomic E-state index is 0.438. The van der Waals surface area contributed by atoms with Crippen LogP contribution in [0, 0.1) is 11.6 Å². The van der Waals surface area contributed by atoms with Crippen LogP contribution in [0.25, 0.3) is 11.3 Å². The SMILES string of the molecule is CCOCc1nc(=S)cc(-c2cncc(C)c2)[nH]1. The van der Waals surface area contributed by atoms with Crippen LogP contribution in [0.4, 0.5) is 0 Å². The molecular weight excluding hydrogens is 246 g/mol. The first-order valence-electron chi connectivity index (χ1n) is 5.79. The van der Waals surface area contributed by atoms with Crippen LogP contribution < -0.4 is 0 Å². The summed E-state index contributed by atoms with van der Waals surface area (Å²) in [5.41, 5.74) is 3.03. The summed E-state index contributed by atoms with van der Waals surface area (Å²) >= 11 is 5.16. The maximum absolute atomic E-state index is 5.33. The average molecular weight is 261 g/mol. The Bertz CT molecular complexity index is 595. The van der Waals surface area contributed by atoms with E-state index in [0.29, 0.717) is 17.9 Å². The fourth-order valence-corrected chi connectivity index (χ4v) is 1.86. The molecule has 0 radical (unpaired) electrons. The van der Waals surface area contributed by atoms with E-state index in [9.17, 15) is 0 Å². The van der Waals surface area contributed by atoms with Crippen LogP contribution in [0.3, 0.4) is 0 Å². The van der Waals surface area contributed by atoms with Gasteiger partial charge in [0.1, 0.15) is 17.1 Å². The predicted molar refractivity (Wildman–Crippen MR) is 72.7 cm³/mol. The fourth-order valence-electron chi connectivity index (χ4n) is 1.63. The van der Waals surface area contributed by atoms with Crippen LogP contribution in [-0.4, -0.2) is 21.6 Å². The number of nitrogens with one attached hydrogen (secondary N) is 1. The van der Waals surface area contributed by atoms with E-state index in [0.717, 1.165) is 22.6 Å². The lowest BCUT2D eigenvalue weighted by Crippen LogP contribution is -2.00. The van der Waals surface area contributed by atoms with Gasteiger partial charge in [-0.3, -0.25) is 4.98 Å². The van der Waals surface area contributed by atoms with Crippen LogP contribution in [0.1, 0.15) is 18.3 Å². The molecule has 0 aliphatic carbocycles. The summed E-state index contributed by atoms with van der Waals surface area (Å²) in [4.78, 5) is 11.6. The highest BCUT2D eigenvalue weighted by atomic mass is 32.1. The zero-order valence-corrected chi connectivity index (χ0v) is 11.3. The Balaban J connectivity index is 2.38. The number of pyridine rings is 1. The van der Waals surface area contributed by atoms with Crippen LogP contribution in [0.2, 0.25) is 0 Å². The Labute approximate surface area is 111 Å². The number of ether oxygens (including phenoxy) is 1. The minimum Gasteiger partial charge on any atom is -0.374 e. The van der Waals surface area contributed by atoms with Crippen molar-refractivity contribution in [1.82, 2.24) is 15.0 Å². The normalized spacial score (nSPS) is 10.6. The molecule has 0 saturated heterocycles. The molecule has 0 aromatic carbocycles. The summed E-state index contributed by atoms with van der Waals surface area (Å²) in [5, 5.41) is 0. The molecule has 94 valence electrons. The zero-order valence-electron chi connectivity index (χ0n) is 10.4. The van der Waals surface area contributed by atoms with Gasteiger partial charge in [0.2, 0.25) is 0 Å². The van der Waals surface area contributed by atoms with Gasteiger partial charge in [0.05, 0.1) is 5.69 Å². The second-order valence-corrected chi connectivity index (χ2v) is 4.39. The number of H-pyrrole nitrogens is 1. The van der Waals surface area contributed by atoms with E-state index in [1.165, 1.54) is 0 Å². The average Bonchev–Trinajstić information content (AvgIpc) is 2.36. The highest BCUT2D eigenvalue weighted by Gasteiger charge is 2.03. The Kier molecular flexibility index (Phi) is 4.17. The summed E-state index contributed by atoms with van der Waals surface area (Å²) in [6, 6.07) is 3.89. The first-order chi connectivity index (χ1) is 8.69. The number of aromatic nitrogens is 3. The molecule has 0 amide bonds. The molecular formula is C13H15N3OS. The van der Waals surface area contributed by atoms with Gasteiger partial charge in [-0.25, -0.2) is 4.98 Å². The molecule has 2 heterocycles. The van der Waals surface area contributed by atoms with E-state index >= 15 is 0 Å². The highest BCUT2D eigenvalue weighted by Crippen LogP contribution is 2.17. The molecule has 0 fully saturated rings. The molecule has 0 unspecified atom stereocenters. The molecule has 0 atom stereocenters. The van der Waals surface area contributed by atoms with Crippen molar-refractivity contribution < 1.29 is 4.74 Å². The Hall–Kier alpha value is -1.59. The summed E-state index contributed by atoms with van der Waals surface area (Å²) in [5.74, 6) is 0.737. The number of aromatic amines is 1. The molecule has 1 N–H and O–H groups in total. The van der Waals surface area contributed by atoms with Gasteiger partial charge in [-0.05, 0) is 31.5 Å². The number of nitrogens with zero attached hydrogens (tertiary/aromatic N) is 2. The van der Waals surface area contributed by atoms with Crippen molar-refractivity contribution in [2.75, 3.05) is 6.61 Å². The summed E-state index contributed by atoms with van der Waals surface area (Å²) < 4.78 is 5.89. The second kappa shape index (κ2) is 5.84. The molecule has 0 aliphatic heterocycles. The summed E-state index contributed by atoms with van der Waals surface area (Å²) in [6.45, 7) is 5.04. The third-order valence-electron chi connectivity index (χ3n) is 2.42. The zero-order chi connectivity index (χ0) is 13.0. The number of rotatable bonds is 4. The summed E-state index contributed by atoms with van der Waals surface area (Å²) in [7, 11) is 0. The van der Waals surface area contributed by atoms with Gasteiger partial charge in [0.25, 0.3) is 0 Å². The van der Waals surface area contributed by atoms with Crippen molar-refractivity contribution in [1.29, 1.82) is 0 Å². The Morgan fingerprint density at radius 3 is 2.89 bits per heavy atom. The van der Waals surface area contributed by atoms with E-state index in [-0.39, 0.29) is 0 Å². The first-order valence-corrected chi connectivity index (χ1v) is 6.20. The van der Waals surface area contributed by atoms with Crippen molar-refractivity contribution in [2.24, 2.45) is 0 Å². The largest absolute Gasteiger partial charge is 0.374 e. The van der Waals surface area contributed by atoms with Crippen LogP contribution in [-0.2, 0) is 11.3 Å². The molecule has 4 nitrogen and oxygen atoms in total. The molecule has 0 spiro atoms. The second-order valence-electron chi connectivity index (χ2n) is 3.97. The van der Waals surface area contributed by atoms with Gasteiger partial charge in [0, 0.05) is 24.6 Å². The van der Waals surface area contributed by atoms with Crippen LogP contribution in [0.15, 0.2) is 24.5 Å². The quantitative estimate of drug-likeness (QED) is 0.859. The number of hydrogen-bond acceptors (Lipinski definition) is 4. The van der Waals surface area contributed by atoms with E-state index in [1.54, 1.807) is 6.20 Å². The van der Waals surface area contributed by atoms with Gasteiger partial charge >= 0.3 is 0 Å². The van der Waals surface area contributed by atoms with Crippen molar-refractivity contribution in [3.8, 4) is 11.3 Å².